The summed E-state index contributed by atoms with van der Waals surface area (Å²) < 4.78 is 6.82. The molecule has 3 nitrogen and oxygen atoms in total. The van der Waals surface area contributed by atoms with Gasteiger partial charge in [0.25, 0.3) is 0 Å². The van der Waals surface area contributed by atoms with Gasteiger partial charge >= 0.3 is 0 Å². The number of nitrogens with one attached hydrogen (secondary N) is 1. The van der Waals surface area contributed by atoms with Crippen LogP contribution >= 0.6 is 22.9 Å². The number of hydrogen-bond donors (Lipinski definition) is 1. The van der Waals surface area contributed by atoms with E-state index in [4.69, 9.17) is 16.3 Å². The third-order valence-corrected chi connectivity index (χ3v) is 4.69. The number of aryl methyl sites for hydroxylation is 1. The van der Waals surface area contributed by atoms with Gasteiger partial charge in [0.2, 0.25) is 0 Å². The summed E-state index contributed by atoms with van der Waals surface area (Å²) in [7, 11) is 0. The highest BCUT2D eigenvalue weighted by Gasteiger charge is 2.30. The predicted octanol–water partition coefficient (Wildman–Crippen LogP) is 4.28. The maximum atomic E-state index is 6.11. The molecule has 0 spiro atoms. The van der Waals surface area contributed by atoms with Crippen molar-refractivity contribution in [3.8, 4) is 5.75 Å². The van der Waals surface area contributed by atoms with Crippen molar-refractivity contribution in [2.75, 3.05) is 6.54 Å². The Morgan fingerprint density at radius 1 is 1.50 bits per heavy atom. The molecule has 3 rings (SSSR count). The Labute approximate surface area is 127 Å². The molecule has 2 heterocycles. The number of halogens is 1. The van der Waals surface area contributed by atoms with Crippen molar-refractivity contribution in [1.29, 1.82) is 0 Å². The smallest absolute Gasteiger partial charge is 0.152 e. The lowest BCUT2D eigenvalue weighted by molar-refractivity contribution is 0.151. The normalized spacial score (nSPS) is 21.4. The van der Waals surface area contributed by atoms with E-state index in [0.717, 1.165) is 23.7 Å². The van der Waals surface area contributed by atoms with E-state index in [1.54, 1.807) is 6.20 Å². The molecule has 2 atom stereocenters. The molecule has 0 fully saturated rings. The van der Waals surface area contributed by atoms with E-state index < -0.39 is 0 Å². The van der Waals surface area contributed by atoms with Crippen LogP contribution in [0.4, 0.5) is 0 Å². The van der Waals surface area contributed by atoms with Gasteiger partial charge in [-0.3, -0.25) is 0 Å². The first kappa shape index (κ1) is 13.9. The molecule has 0 bridgehead atoms. The standard InChI is InChI=1S/C15H17ClN2OS/c1-3-17-11-7-13(15-18-8-14(16)20-15)19-12-5-4-9(2)6-10(11)12/h4-6,8,11,13,17H,3,7H2,1-2H3. The number of benzene rings is 1. The van der Waals surface area contributed by atoms with Gasteiger partial charge in [0, 0.05) is 18.0 Å². The summed E-state index contributed by atoms with van der Waals surface area (Å²) in [5.74, 6) is 0.948. The van der Waals surface area contributed by atoms with Crippen molar-refractivity contribution in [3.63, 3.8) is 0 Å². The maximum absolute atomic E-state index is 6.11. The lowest BCUT2D eigenvalue weighted by Crippen LogP contribution is -2.29. The highest BCUT2D eigenvalue weighted by atomic mass is 35.5. The largest absolute Gasteiger partial charge is 0.483 e. The highest BCUT2D eigenvalue weighted by Crippen LogP contribution is 2.42. The van der Waals surface area contributed by atoms with Crippen molar-refractivity contribution in [2.24, 2.45) is 0 Å². The molecule has 2 unspecified atom stereocenters. The summed E-state index contributed by atoms with van der Waals surface area (Å²) in [6.45, 7) is 5.17. The van der Waals surface area contributed by atoms with Gasteiger partial charge in [-0.05, 0) is 19.5 Å². The first-order chi connectivity index (χ1) is 9.67. The zero-order valence-corrected chi connectivity index (χ0v) is 13.1. The molecule has 0 amide bonds. The quantitative estimate of drug-likeness (QED) is 0.919. The van der Waals surface area contributed by atoms with Crippen LogP contribution in [0.25, 0.3) is 0 Å². The summed E-state index contributed by atoms with van der Waals surface area (Å²) in [6.07, 6.45) is 2.55. The average Bonchev–Trinajstić information content (AvgIpc) is 2.86. The van der Waals surface area contributed by atoms with E-state index >= 15 is 0 Å². The van der Waals surface area contributed by atoms with Crippen molar-refractivity contribution >= 4 is 22.9 Å². The minimum absolute atomic E-state index is 0.0215. The fourth-order valence-corrected chi connectivity index (χ4v) is 3.57. The molecule has 20 heavy (non-hydrogen) atoms. The SMILES string of the molecule is CCNC1CC(c2ncc(Cl)s2)Oc2ccc(C)cc21. The van der Waals surface area contributed by atoms with E-state index in [1.807, 2.05) is 0 Å². The summed E-state index contributed by atoms with van der Waals surface area (Å²) in [5.41, 5.74) is 2.50. The van der Waals surface area contributed by atoms with Crippen LogP contribution in [0.3, 0.4) is 0 Å². The van der Waals surface area contributed by atoms with Gasteiger partial charge in [0.05, 0.1) is 6.20 Å². The van der Waals surface area contributed by atoms with Crippen LogP contribution in [0.5, 0.6) is 5.75 Å². The first-order valence-electron chi connectivity index (χ1n) is 6.79. The lowest BCUT2D eigenvalue weighted by atomic mass is 9.95. The highest BCUT2D eigenvalue weighted by molar-refractivity contribution is 7.15. The Morgan fingerprint density at radius 3 is 3.05 bits per heavy atom. The number of hydrogen-bond acceptors (Lipinski definition) is 4. The van der Waals surface area contributed by atoms with Gasteiger partial charge in [-0.25, -0.2) is 4.98 Å². The Bertz CT molecular complexity index is 614. The van der Waals surface area contributed by atoms with Crippen LogP contribution in [0.1, 0.15) is 41.6 Å². The summed E-state index contributed by atoms with van der Waals surface area (Å²) in [5, 5.41) is 4.49. The van der Waals surface area contributed by atoms with E-state index in [0.29, 0.717) is 10.4 Å². The zero-order valence-electron chi connectivity index (χ0n) is 11.5. The monoisotopic (exact) mass is 308 g/mol. The van der Waals surface area contributed by atoms with Crippen LogP contribution < -0.4 is 10.1 Å². The molecule has 1 aromatic carbocycles. The van der Waals surface area contributed by atoms with Gasteiger partial charge in [-0.2, -0.15) is 0 Å². The zero-order chi connectivity index (χ0) is 14.1. The third kappa shape index (κ3) is 2.68. The molecule has 106 valence electrons. The number of thiazole rings is 1. The van der Waals surface area contributed by atoms with E-state index in [-0.39, 0.29) is 6.10 Å². The van der Waals surface area contributed by atoms with Gasteiger partial charge in [-0.15, -0.1) is 11.3 Å². The number of nitrogens with zero attached hydrogens (tertiary/aromatic N) is 1. The minimum atomic E-state index is -0.0215. The molecule has 1 aliphatic heterocycles. The van der Waals surface area contributed by atoms with Crippen molar-refractivity contribution in [2.45, 2.75) is 32.4 Å². The fourth-order valence-electron chi connectivity index (χ4n) is 2.60. The van der Waals surface area contributed by atoms with E-state index in [1.165, 1.54) is 22.5 Å². The molecular formula is C15H17ClN2OS. The summed E-state index contributed by atoms with van der Waals surface area (Å²) in [6, 6.07) is 6.64. The van der Waals surface area contributed by atoms with Crippen LogP contribution in [0.15, 0.2) is 24.4 Å². The van der Waals surface area contributed by atoms with Crippen molar-refractivity contribution < 1.29 is 4.74 Å². The van der Waals surface area contributed by atoms with Gasteiger partial charge in [-0.1, -0.05) is 36.2 Å². The number of ether oxygens (including phenoxy) is 1. The molecular weight excluding hydrogens is 292 g/mol. The van der Waals surface area contributed by atoms with Crippen LogP contribution in [0.2, 0.25) is 4.34 Å². The molecule has 0 aliphatic carbocycles. The molecule has 2 aromatic rings. The molecule has 1 aromatic heterocycles. The molecule has 5 heteroatoms. The fraction of sp³-hybridized carbons (Fsp3) is 0.400. The Balaban J connectivity index is 1.94. The molecule has 0 radical (unpaired) electrons. The van der Waals surface area contributed by atoms with E-state index in [2.05, 4.69) is 42.3 Å². The van der Waals surface area contributed by atoms with Crippen LogP contribution in [-0.2, 0) is 0 Å². The van der Waals surface area contributed by atoms with Crippen LogP contribution in [-0.4, -0.2) is 11.5 Å². The Morgan fingerprint density at radius 2 is 2.35 bits per heavy atom. The Kier molecular flexibility index (Phi) is 3.96. The van der Waals surface area contributed by atoms with Crippen LogP contribution in [0, 0.1) is 6.92 Å². The lowest BCUT2D eigenvalue weighted by Gasteiger charge is -2.32. The van der Waals surface area contributed by atoms with Crippen molar-refractivity contribution in [1.82, 2.24) is 10.3 Å². The number of fused-ring (bicyclic) bond motifs is 1. The second-order valence-electron chi connectivity index (χ2n) is 5.00. The van der Waals surface area contributed by atoms with Crippen molar-refractivity contribution in [3.05, 3.63) is 44.9 Å². The summed E-state index contributed by atoms with van der Waals surface area (Å²) in [4.78, 5) is 4.36. The second kappa shape index (κ2) is 5.72. The minimum Gasteiger partial charge on any atom is -0.483 e. The second-order valence-corrected chi connectivity index (χ2v) is 6.69. The van der Waals surface area contributed by atoms with Gasteiger partial charge in [0.1, 0.15) is 15.1 Å². The maximum Gasteiger partial charge on any atom is 0.152 e. The van der Waals surface area contributed by atoms with E-state index in [9.17, 15) is 0 Å². The van der Waals surface area contributed by atoms with Gasteiger partial charge in [0.15, 0.2) is 6.10 Å². The molecule has 1 aliphatic rings. The molecule has 0 saturated carbocycles. The number of rotatable bonds is 3. The topological polar surface area (TPSA) is 34.2 Å². The molecule has 1 N–H and O–H groups in total. The predicted molar refractivity (Wildman–Crippen MR) is 82.7 cm³/mol. The average molecular weight is 309 g/mol. The Hall–Kier alpha value is -1.10. The first-order valence-corrected chi connectivity index (χ1v) is 7.98. The third-order valence-electron chi connectivity index (χ3n) is 3.48. The van der Waals surface area contributed by atoms with Gasteiger partial charge < -0.3 is 10.1 Å². The molecule has 0 saturated heterocycles. The number of aromatic nitrogens is 1. The summed E-state index contributed by atoms with van der Waals surface area (Å²) >= 11 is 7.48.